The number of hydrogen-bond donors (Lipinski definition) is 1. The van der Waals surface area contributed by atoms with Crippen molar-refractivity contribution in [2.24, 2.45) is 0 Å². The van der Waals surface area contributed by atoms with Crippen molar-refractivity contribution in [1.29, 1.82) is 5.26 Å². The molecule has 0 N–H and O–H groups in total. The second-order valence-electron chi connectivity index (χ2n) is 2.40. The van der Waals surface area contributed by atoms with Crippen LogP contribution in [0.5, 0.6) is 0 Å². The monoisotopic (exact) mass is 241 g/mol. The maximum absolute atomic E-state index is 10.9. The summed E-state index contributed by atoms with van der Waals surface area (Å²) in [6.45, 7) is 1.47. The summed E-state index contributed by atoms with van der Waals surface area (Å²) in [6.07, 6.45) is 0. The van der Waals surface area contributed by atoms with Gasteiger partial charge in [-0.25, -0.2) is 0 Å². The molecule has 0 spiro atoms. The first kappa shape index (κ1) is 12.4. The molecule has 0 aromatic heterocycles. The topological polar surface area (TPSA) is 40.9 Å². The molecule has 0 aliphatic rings. The number of rotatable bonds is 1. The van der Waals surface area contributed by atoms with E-state index in [1.165, 1.54) is 6.92 Å². The summed E-state index contributed by atoms with van der Waals surface area (Å²) in [5, 5.41) is 8.61. The predicted octanol–water partition coefficient (Wildman–Crippen LogP) is 2.05. The number of Topliss-reactive ketones (excluding diaryl/α,β-unsaturated/α-hetero) is 1. The minimum atomic E-state index is -0.0418. The SMILES string of the molecule is CC(=O)c1ccc(S)c(C#N)c1.[Zn]. The first-order chi connectivity index (χ1) is 5.65. The molecule has 1 aromatic rings. The Balaban J connectivity index is 0.00000144. The molecule has 0 amide bonds. The summed E-state index contributed by atoms with van der Waals surface area (Å²) < 4.78 is 0. The van der Waals surface area contributed by atoms with Gasteiger partial charge in [-0.1, -0.05) is 6.07 Å². The van der Waals surface area contributed by atoms with Gasteiger partial charge >= 0.3 is 0 Å². The average Bonchev–Trinajstić information content (AvgIpc) is 2.05. The number of carbonyl (C=O) groups excluding carboxylic acids is 1. The van der Waals surface area contributed by atoms with Crippen LogP contribution in [0.1, 0.15) is 22.8 Å². The van der Waals surface area contributed by atoms with Gasteiger partial charge in [-0.05, 0) is 19.1 Å². The van der Waals surface area contributed by atoms with Gasteiger partial charge in [0.2, 0.25) is 0 Å². The Kier molecular flexibility index (Phi) is 4.91. The van der Waals surface area contributed by atoms with Crippen LogP contribution in [0.25, 0.3) is 0 Å². The maximum atomic E-state index is 10.9. The van der Waals surface area contributed by atoms with Crippen LogP contribution in [0.15, 0.2) is 23.1 Å². The smallest absolute Gasteiger partial charge is 0.159 e. The Bertz CT molecular complexity index is 370. The van der Waals surface area contributed by atoms with Crippen molar-refractivity contribution in [2.75, 3.05) is 0 Å². The van der Waals surface area contributed by atoms with E-state index >= 15 is 0 Å². The molecule has 0 fully saturated rings. The Morgan fingerprint density at radius 3 is 2.62 bits per heavy atom. The first-order valence-electron chi connectivity index (χ1n) is 3.39. The summed E-state index contributed by atoms with van der Waals surface area (Å²) >= 11 is 4.06. The van der Waals surface area contributed by atoms with Crippen molar-refractivity contribution in [3.63, 3.8) is 0 Å². The van der Waals surface area contributed by atoms with Crippen LogP contribution >= 0.6 is 12.6 Å². The van der Waals surface area contributed by atoms with Gasteiger partial charge in [-0.2, -0.15) is 5.26 Å². The van der Waals surface area contributed by atoms with E-state index in [1.54, 1.807) is 18.2 Å². The Morgan fingerprint density at radius 2 is 2.15 bits per heavy atom. The standard InChI is InChI=1S/C9H7NOS.Zn/c1-6(11)7-2-3-9(12)8(4-7)5-10;/h2-4,12H,1H3;. The molecule has 1 aromatic carbocycles. The number of ketones is 1. The fraction of sp³-hybridized carbons (Fsp3) is 0.111. The third kappa shape index (κ3) is 2.95. The van der Waals surface area contributed by atoms with E-state index in [2.05, 4.69) is 12.6 Å². The van der Waals surface area contributed by atoms with Crippen LogP contribution in [-0.2, 0) is 19.5 Å². The molecule has 0 unspecified atom stereocenters. The normalized spacial score (nSPS) is 8.38. The van der Waals surface area contributed by atoms with E-state index in [4.69, 9.17) is 5.26 Å². The van der Waals surface area contributed by atoms with Crippen molar-refractivity contribution in [2.45, 2.75) is 11.8 Å². The molecular formula is C9H7NOSZn. The molecule has 0 radical (unpaired) electrons. The zero-order valence-electron chi connectivity index (χ0n) is 7.24. The van der Waals surface area contributed by atoms with Crippen molar-refractivity contribution in [3.05, 3.63) is 29.3 Å². The van der Waals surface area contributed by atoms with E-state index in [0.29, 0.717) is 16.0 Å². The molecule has 0 bridgehead atoms. The number of hydrogen-bond acceptors (Lipinski definition) is 3. The third-order valence-electron chi connectivity index (χ3n) is 1.52. The van der Waals surface area contributed by atoms with Gasteiger partial charge in [0, 0.05) is 29.9 Å². The summed E-state index contributed by atoms with van der Waals surface area (Å²) in [5.41, 5.74) is 0.982. The summed E-state index contributed by atoms with van der Waals surface area (Å²) in [7, 11) is 0. The molecule has 0 aliphatic heterocycles. The average molecular weight is 243 g/mol. The van der Waals surface area contributed by atoms with E-state index in [1.807, 2.05) is 6.07 Å². The van der Waals surface area contributed by atoms with Gasteiger partial charge in [0.1, 0.15) is 6.07 Å². The van der Waals surface area contributed by atoms with E-state index in [0.717, 1.165) is 0 Å². The van der Waals surface area contributed by atoms with Gasteiger partial charge in [-0.15, -0.1) is 12.6 Å². The second kappa shape index (κ2) is 5.16. The molecule has 2 nitrogen and oxygen atoms in total. The molecule has 4 heteroatoms. The number of nitriles is 1. The molecular weight excluding hydrogens is 236 g/mol. The number of nitrogens with zero attached hydrogens (tertiary/aromatic N) is 1. The van der Waals surface area contributed by atoms with Gasteiger partial charge in [0.05, 0.1) is 5.56 Å². The van der Waals surface area contributed by atoms with Crippen LogP contribution in [-0.4, -0.2) is 5.78 Å². The number of carbonyl (C=O) groups is 1. The van der Waals surface area contributed by atoms with E-state index < -0.39 is 0 Å². The van der Waals surface area contributed by atoms with Gasteiger partial charge in [0.15, 0.2) is 5.78 Å². The molecule has 0 heterocycles. The molecule has 13 heavy (non-hydrogen) atoms. The quantitative estimate of drug-likeness (QED) is 0.465. The molecule has 0 saturated heterocycles. The minimum Gasteiger partial charge on any atom is -0.295 e. The van der Waals surface area contributed by atoms with E-state index in [-0.39, 0.29) is 25.3 Å². The largest absolute Gasteiger partial charge is 0.295 e. The van der Waals surface area contributed by atoms with Crippen LogP contribution in [0, 0.1) is 11.3 Å². The number of benzene rings is 1. The van der Waals surface area contributed by atoms with Crippen molar-refractivity contribution in [1.82, 2.24) is 0 Å². The third-order valence-corrected chi connectivity index (χ3v) is 1.91. The van der Waals surface area contributed by atoms with Gasteiger partial charge in [0.25, 0.3) is 0 Å². The van der Waals surface area contributed by atoms with Crippen LogP contribution in [0.2, 0.25) is 0 Å². The summed E-state index contributed by atoms with van der Waals surface area (Å²) in [4.78, 5) is 11.5. The van der Waals surface area contributed by atoms with E-state index in [9.17, 15) is 4.79 Å². The zero-order chi connectivity index (χ0) is 9.14. The Hall–Kier alpha value is -0.647. The summed E-state index contributed by atoms with van der Waals surface area (Å²) in [5.74, 6) is -0.0418. The molecule has 0 aliphatic carbocycles. The van der Waals surface area contributed by atoms with Crippen molar-refractivity contribution in [3.8, 4) is 6.07 Å². The first-order valence-corrected chi connectivity index (χ1v) is 3.84. The van der Waals surface area contributed by atoms with Crippen LogP contribution < -0.4 is 0 Å². The van der Waals surface area contributed by atoms with Gasteiger partial charge < -0.3 is 0 Å². The Labute approximate surface area is 95.1 Å². The predicted molar refractivity (Wildman–Crippen MR) is 48.4 cm³/mol. The minimum absolute atomic E-state index is 0. The molecule has 62 valence electrons. The van der Waals surface area contributed by atoms with Gasteiger partial charge in [-0.3, -0.25) is 4.79 Å². The fourth-order valence-corrected chi connectivity index (χ4v) is 1.03. The van der Waals surface area contributed by atoms with Crippen LogP contribution in [0.3, 0.4) is 0 Å². The van der Waals surface area contributed by atoms with Crippen LogP contribution in [0.4, 0.5) is 0 Å². The molecule has 0 atom stereocenters. The fourth-order valence-electron chi connectivity index (χ4n) is 0.845. The Morgan fingerprint density at radius 1 is 1.54 bits per heavy atom. The van der Waals surface area contributed by atoms with Crippen molar-refractivity contribution >= 4 is 18.4 Å². The molecule has 1 rings (SSSR count). The van der Waals surface area contributed by atoms with Crippen molar-refractivity contribution < 1.29 is 24.3 Å². The maximum Gasteiger partial charge on any atom is 0.159 e. The zero-order valence-corrected chi connectivity index (χ0v) is 11.1. The summed E-state index contributed by atoms with van der Waals surface area (Å²) in [6, 6.07) is 6.82. The second-order valence-corrected chi connectivity index (χ2v) is 2.88. The molecule has 0 saturated carbocycles. The number of thiol groups is 1.